The molecule has 1 N–H and O–H groups in total. The molecule has 2 aliphatic rings. The first-order valence-corrected chi connectivity index (χ1v) is 13.5. The second-order valence-corrected chi connectivity index (χ2v) is 11.4. The molecule has 2 atom stereocenters. The highest BCUT2D eigenvalue weighted by atomic mass is 35.5. The molecule has 0 amide bonds. The first-order chi connectivity index (χ1) is 17.2. The Bertz CT molecular complexity index is 1460. The van der Waals surface area contributed by atoms with Gasteiger partial charge in [-0.1, -0.05) is 18.2 Å². The molecule has 1 fully saturated rings. The summed E-state index contributed by atoms with van der Waals surface area (Å²) >= 11 is 6.52. The quantitative estimate of drug-likeness (QED) is 0.392. The highest BCUT2D eigenvalue weighted by Gasteiger charge is 2.31. The van der Waals surface area contributed by atoms with Crippen LogP contribution in [-0.4, -0.2) is 60.2 Å². The van der Waals surface area contributed by atoms with Crippen LogP contribution in [0.4, 0.5) is 14.6 Å². The van der Waals surface area contributed by atoms with E-state index in [1.807, 2.05) is 24.3 Å². The van der Waals surface area contributed by atoms with E-state index in [-0.39, 0.29) is 29.3 Å². The van der Waals surface area contributed by atoms with Gasteiger partial charge in [0.1, 0.15) is 25.3 Å². The molecule has 3 aromatic rings. The molecule has 5 rings (SSSR count). The molecule has 2 unspecified atom stereocenters. The minimum atomic E-state index is -4.03. The van der Waals surface area contributed by atoms with Crippen LogP contribution in [0.3, 0.4) is 0 Å². The van der Waals surface area contributed by atoms with E-state index < -0.39 is 21.7 Å². The Hall–Kier alpha value is -2.76. The van der Waals surface area contributed by atoms with E-state index in [1.165, 1.54) is 10.5 Å². The highest BCUT2D eigenvalue weighted by Crippen LogP contribution is 2.30. The van der Waals surface area contributed by atoms with Crippen molar-refractivity contribution < 1.29 is 17.2 Å². The van der Waals surface area contributed by atoms with Crippen molar-refractivity contribution in [2.75, 3.05) is 25.0 Å². The van der Waals surface area contributed by atoms with Crippen LogP contribution >= 0.6 is 11.6 Å². The van der Waals surface area contributed by atoms with Gasteiger partial charge in [-0.3, -0.25) is 0 Å². The molecule has 0 bridgehead atoms. The number of anilines is 1. The van der Waals surface area contributed by atoms with Crippen molar-refractivity contribution >= 4 is 52.0 Å². The smallest absolute Gasteiger partial charge is 0.243 e. The largest absolute Gasteiger partial charge is 0.370 e. The maximum absolute atomic E-state index is 13.7. The van der Waals surface area contributed by atoms with E-state index in [0.29, 0.717) is 48.1 Å². The summed E-state index contributed by atoms with van der Waals surface area (Å²) in [5.41, 5.74) is 2.48. The number of nitrogens with zero attached hydrogens (tertiary/aromatic N) is 4. The van der Waals surface area contributed by atoms with Crippen LogP contribution in [0, 0.1) is 17.6 Å². The van der Waals surface area contributed by atoms with E-state index in [2.05, 4.69) is 15.4 Å². The van der Waals surface area contributed by atoms with Gasteiger partial charge in [0, 0.05) is 38.0 Å². The Morgan fingerprint density at radius 2 is 1.97 bits per heavy atom. The maximum atomic E-state index is 13.7. The molecule has 12 heteroatoms. The topological polar surface area (TPSA) is 79.6 Å². The van der Waals surface area contributed by atoms with Crippen molar-refractivity contribution in [2.24, 2.45) is 5.92 Å². The molecule has 2 radical (unpaired) electrons. The maximum Gasteiger partial charge on any atom is 0.243 e. The van der Waals surface area contributed by atoms with Crippen LogP contribution in [0.15, 0.2) is 53.6 Å². The third kappa shape index (κ3) is 4.92. The van der Waals surface area contributed by atoms with Crippen molar-refractivity contribution in [1.29, 1.82) is 0 Å². The van der Waals surface area contributed by atoms with Gasteiger partial charge in [0.15, 0.2) is 5.65 Å². The summed E-state index contributed by atoms with van der Waals surface area (Å²) in [6.07, 6.45) is 9.49. The lowest BCUT2D eigenvalue weighted by molar-refractivity contribution is 0.275. The van der Waals surface area contributed by atoms with Gasteiger partial charge in [-0.05, 0) is 48.3 Å². The molecule has 0 saturated carbocycles. The molecule has 1 aromatic carbocycles. The molecule has 3 heterocycles. The van der Waals surface area contributed by atoms with Crippen molar-refractivity contribution in [3.05, 3.63) is 66.0 Å². The summed E-state index contributed by atoms with van der Waals surface area (Å²) in [5.74, 6) is -1.24. The Labute approximate surface area is 214 Å². The standard InChI is InChI=1S/C24H23BClF2N5O2S/c25-20-13-30-33-23(11-22(31-24(20)33)19-5-1-2-6-21(19)26)29-12-15-4-3-7-32(14-15)36(34,35)18-9-16(27)8-17(28)10-18/h1-2,5,8-11,13,15,21,29H,3-4,6-7,12,14H2. The third-order valence-corrected chi connectivity index (χ3v) is 8.67. The molecule has 2 aromatic heterocycles. The second-order valence-electron chi connectivity index (χ2n) is 8.97. The number of piperidine rings is 1. The molecule has 0 spiro atoms. The van der Waals surface area contributed by atoms with Gasteiger partial charge in [0.25, 0.3) is 0 Å². The summed E-state index contributed by atoms with van der Waals surface area (Å²) in [7, 11) is 2.06. The van der Waals surface area contributed by atoms with E-state index in [1.54, 1.807) is 4.52 Å². The zero-order valence-electron chi connectivity index (χ0n) is 19.2. The van der Waals surface area contributed by atoms with Crippen LogP contribution in [0.5, 0.6) is 0 Å². The molecular weight excluding hydrogens is 507 g/mol. The minimum Gasteiger partial charge on any atom is -0.370 e. The SMILES string of the molecule is [B]c1cnn2c(NCC3CCCN(S(=O)(=O)c4cc(F)cc(F)c4)C3)cc(C3=CC=CCC3Cl)nc12. The number of aromatic nitrogens is 3. The van der Waals surface area contributed by atoms with E-state index >= 15 is 0 Å². The second kappa shape index (κ2) is 9.95. The Morgan fingerprint density at radius 3 is 2.72 bits per heavy atom. The van der Waals surface area contributed by atoms with Crippen LogP contribution in [0.25, 0.3) is 11.2 Å². The lowest BCUT2D eigenvalue weighted by Crippen LogP contribution is -2.41. The summed E-state index contributed by atoms with van der Waals surface area (Å²) in [6.45, 7) is 0.954. The first kappa shape index (κ1) is 24.9. The number of fused-ring (bicyclic) bond motifs is 1. The zero-order chi connectivity index (χ0) is 25.4. The van der Waals surface area contributed by atoms with Gasteiger partial charge in [-0.25, -0.2) is 22.2 Å². The van der Waals surface area contributed by atoms with Gasteiger partial charge in [-0.2, -0.15) is 13.9 Å². The summed E-state index contributed by atoms with van der Waals surface area (Å²) in [6, 6.07) is 4.19. The monoisotopic (exact) mass is 529 g/mol. The summed E-state index contributed by atoms with van der Waals surface area (Å²) in [5, 5.41) is 7.47. The van der Waals surface area contributed by atoms with Crippen LogP contribution in [0.1, 0.15) is 25.0 Å². The Balaban J connectivity index is 1.37. The number of benzene rings is 1. The number of alkyl halides is 1. The summed E-state index contributed by atoms with van der Waals surface area (Å²) < 4.78 is 56.3. The van der Waals surface area contributed by atoms with Gasteiger partial charge >= 0.3 is 0 Å². The predicted molar refractivity (Wildman–Crippen MR) is 136 cm³/mol. The van der Waals surface area contributed by atoms with Crippen LogP contribution < -0.4 is 10.8 Å². The van der Waals surface area contributed by atoms with Crippen molar-refractivity contribution in [3.63, 3.8) is 0 Å². The number of allylic oxidation sites excluding steroid dienone is 4. The van der Waals surface area contributed by atoms with Crippen molar-refractivity contribution in [1.82, 2.24) is 18.9 Å². The average Bonchev–Trinajstić information content (AvgIpc) is 3.23. The van der Waals surface area contributed by atoms with E-state index in [9.17, 15) is 17.2 Å². The van der Waals surface area contributed by atoms with Gasteiger partial charge in [0.2, 0.25) is 10.0 Å². The fraction of sp³-hybridized carbons (Fsp3) is 0.333. The number of rotatable bonds is 6. The lowest BCUT2D eigenvalue weighted by atomic mass is 9.98. The fourth-order valence-electron chi connectivity index (χ4n) is 4.59. The molecule has 1 saturated heterocycles. The Morgan fingerprint density at radius 1 is 1.19 bits per heavy atom. The molecule has 1 aliphatic carbocycles. The third-order valence-electron chi connectivity index (χ3n) is 6.41. The predicted octanol–water partition coefficient (Wildman–Crippen LogP) is 3.26. The normalized spacial score (nSPS) is 21.0. The molecule has 186 valence electrons. The van der Waals surface area contributed by atoms with Crippen LogP contribution in [-0.2, 0) is 10.0 Å². The number of nitrogens with one attached hydrogen (secondary N) is 1. The lowest BCUT2D eigenvalue weighted by Gasteiger charge is -2.32. The number of halogens is 3. The van der Waals surface area contributed by atoms with Gasteiger partial charge in [0.05, 0.1) is 16.0 Å². The highest BCUT2D eigenvalue weighted by molar-refractivity contribution is 7.89. The zero-order valence-corrected chi connectivity index (χ0v) is 20.8. The van der Waals surface area contributed by atoms with Crippen molar-refractivity contribution in [2.45, 2.75) is 29.5 Å². The number of hydrogen-bond donors (Lipinski definition) is 1. The molecule has 1 aliphatic heterocycles. The van der Waals surface area contributed by atoms with Gasteiger partial charge < -0.3 is 5.32 Å². The average molecular weight is 530 g/mol. The molecular formula is C24H23BClF2N5O2S. The molecule has 7 nitrogen and oxygen atoms in total. The van der Waals surface area contributed by atoms with Crippen LogP contribution in [0.2, 0.25) is 0 Å². The number of hydrogen-bond acceptors (Lipinski definition) is 5. The summed E-state index contributed by atoms with van der Waals surface area (Å²) in [4.78, 5) is 4.27. The van der Waals surface area contributed by atoms with E-state index in [0.717, 1.165) is 24.1 Å². The van der Waals surface area contributed by atoms with Gasteiger partial charge in [-0.15, -0.1) is 11.6 Å². The van der Waals surface area contributed by atoms with E-state index in [4.69, 9.17) is 19.4 Å². The minimum absolute atomic E-state index is 0.0379. The van der Waals surface area contributed by atoms with Crippen molar-refractivity contribution in [3.8, 4) is 0 Å². The Kier molecular flexibility index (Phi) is 6.89. The first-order valence-electron chi connectivity index (χ1n) is 11.6. The number of sulfonamides is 1. The fourth-order valence-corrected chi connectivity index (χ4v) is 6.47. The molecule has 36 heavy (non-hydrogen) atoms.